The van der Waals surface area contributed by atoms with E-state index in [1.165, 1.54) is 6.33 Å². The molecule has 1 rings (SSSR count). The van der Waals surface area contributed by atoms with Gasteiger partial charge in [0.1, 0.15) is 18.4 Å². The Kier molecular flexibility index (Phi) is 4.04. The van der Waals surface area contributed by atoms with Gasteiger partial charge in [-0.1, -0.05) is 0 Å². The Morgan fingerprint density at radius 2 is 2.14 bits per heavy atom. The molecule has 0 spiro atoms. The molecule has 0 aliphatic rings. The molecule has 4 nitrogen and oxygen atoms in total. The molecule has 1 aromatic heterocycles. The number of rotatable bonds is 5. The highest BCUT2D eigenvalue weighted by Crippen LogP contribution is 2.15. The molecule has 76 valence electrons. The van der Waals surface area contributed by atoms with Gasteiger partial charge >= 0.3 is 0 Å². The van der Waals surface area contributed by atoms with E-state index in [4.69, 9.17) is 0 Å². The summed E-state index contributed by atoms with van der Waals surface area (Å²) in [4.78, 5) is 20.7. The lowest BCUT2D eigenvalue weighted by Crippen LogP contribution is -2.24. The average molecular weight is 193 g/mol. The van der Waals surface area contributed by atoms with E-state index in [0.29, 0.717) is 6.42 Å². The summed E-state index contributed by atoms with van der Waals surface area (Å²) in [5.41, 5.74) is 0.895. The van der Waals surface area contributed by atoms with Gasteiger partial charge < -0.3 is 9.69 Å². The fourth-order valence-corrected chi connectivity index (χ4v) is 1.39. The van der Waals surface area contributed by atoms with Gasteiger partial charge in [0.2, 0.25) is 0 Å². The number of aldehydes is 1. The maximum absolute atomic E-state index is 10.5. The van der Waals surface area contributed by atoms with Gasteiger partial charge in [0.15, 0.2) is 0 Å². The second-order valence-corrected chi connectivity index (χ2v) is 2.91. The van der Waals surface area contributed by atoms with Crippen molar-refractivity contribution in [1.82, 2.24) is 9.97 Å². The van der Waals surface area contributed by atoms with Crippen molar-refractivity contribution < 1.29 is 4.79 Å². The zero-order chi connectivity index (χ0) is 10.4. The maximum Gasteiger partial charge on any atom is 0.135 e. The lowest BCUT2D eigenvalue weighted by Gasteiger charge is -2.21. The largest absolute Gasteiger partial charge is 0.357 e. The number of nitrogens with zero attached hydrogens (tertiary/aromatic N) is 3. The monoisotopic (exact) mass is 193 g/mol. The summed E-state index contributed by atoms with van der Waals surface area (Å²) >= 11 is 0. The lowest BCUT2D eigenvalue weighted by molar-refractivity contribution is -0.107. The normalized spacial score (nSPS) is 9.86. The smallest absolute Gasteiger partial charge is 0.135 e. The molecule has 1 heterocycles. The van der Waals surface area contributed by atoms with Crippen LogP contribution >= 0.6 is 0 Å². The Labute approximate surface area is 84.0 Å². The van der Waals surface area contributed by atoms with Gasteiger partial charge in [-0.3, -0.25) is 0 Å². The van der Waals surface area contributed by atoms with Crippen LogP contribution in [0.15, 0.2) is 12.5 Å². The third kappa shape index (κ3) is 2.28. The number of hydrogen-bond donors (Lipinski definition) is 0. The van der Waals surface area contributed by atoms with Crippen LogP contribution in [-0.2, 0) is 11.2 Å². The van der Waals surface area contributed by atoms with Crippen LogP contribution in [0, 0.1) is 0 Å². The summed E-state index contributed by atoms with van der Waals surface area (Å²) in [7, 11) is 0. The highest BCUT2D eigenvalue weighted by Gasteiger charge is 2.08. The van der Waals surface area contributed by atoms with Crippen molar-refractivity contribution in [3.05, 3.63) is 18.1 Å². The van der Waals surface area contributed by atoms with Gasteiger partial charge in [-0.15, -0.1) is 0 Å². The second kappa shape index (κ2) is 5.32. The topological polar surface area (TPSA) is 46.1 Å². The maximum atomic E-state index is 10.5. The molecule has 0 N–H and O–H groups in total. The molecule has 14 heavy (non-hydrogen) atoms. The van der Waals surface area contributed by atoms with Gasteiger partial charge in [-0.2, -0.15) is 0 Å². The Bertz CT molecular complexity index is 297. The van der Waals surface area contributed by atoms with Crippen molar-refractivity contribution >= 4 is 12.1 Å². The SMILES string of the molecule is CCN(CC)c1ncncc1CC=O. The Morgan fingerprint density at radius 3 is 2.71 bits per heavy atom. The van der Waals surface area contributed by atoms with Crippen molar-refractivity contribution in [1.29, 1.82) is 0 Å². The molecular formula is C10H15N3O. The fraction of sp³-hybridized carbons (Fsp3) is 0.500. The van der Waals surface area contributed by atoms with E-state index >= 15 is 0 Å². The predicted octanol–water partition coefficient (Wildman–Crippen LogP) is 1.06. The average Bonchev–Trinajstić information content (AvgIpc) is 2.23. The van der Waals surface area contributed by atoms with Gasteiger partial charge in [0, 0.05) is 31.3 Å². The molecule has 0 aromatic carbocycles. The zero-order valence-electron chi connectivity index (χ0n) is 8.60. The molecule has 0 aliphatic heterocycles. The fourth-order valence-electron chi connectivity index (χ4n) is 1.39. The van der Waals surface area contributed by atoms with Gasteiger partial charge in [0.05, 0.1) is 0 Å². The van der Waals surface area contributed by atoms with Crippen LogP contribution in [0.3, 0.4) is 0 Å². The molecule has 4 heteroatoms. The minimum absolute atomic E-state index is 0.382. The van der Waals surface area contributed by atoms with Gasteiger partial charge in [-0.25, -0.2) is 9.97 Å². The molecule has 1 aromatic rings. The summed E-state index contributed by atoms with van der Waals surface area (Å²) in [5.74, 6) is 0.872. The summed E-state index contributed by atoms with van der Waals surface area (Å²) in [6.07, 6.45) is 4.48. The van der Waals surface area contributed by atoms with Crippen LogP contribution in [0.25, 0.3) is 0 Å². The summed E-state index contributed by atoms with van der Waals surface area (Å²) in [6, 6.07) is 0. The number of carbonyl (C=O) groups excluding carboxylic acids is 1. The van der Waals surface area contributed by atoms with Crippen LogP contribution in [-0.4, -0.2) is 29.3 Å². The summed E-state index contributed by atoms with van der Waals surface area (Å²) in [5, 5.41) is 0. The summed E-state index contributed by atoms with van der Waals surface area (Å²) in [6.45, 7) is 5.91. The molecule has 0 fully saturated rings. The van der Waals surface area contributed by atoms with E-state index in [1.54, 1.807) is 6.20 Å². The number of hydrogen-bond acceptors (Lipinski definition) is 4. The highest BCUT2D eigenvalue weighted by atomic mass is 16.1. The predicted molar refractivity (Wildman–Crippen MR) is 55.4 cm³/mol. The Morgan fingerprint density at radius 1 is 1.43 bits per heavy atom. The standard InChI is InChI=1S/C10H15N3O/c1-3-13(4-2)10-9(5-6-14)7-11-8-12-10/h6-8H,3-5H2,1-2H3. The summed E-state index contributed by atoms with van der Waals surface area (Å²) < 4.78 is 0. The first kappa shape index (κ1) is 10.6. The van der Waals surface area contributed by atoms with Crippen molar-refractivity contribution in [2.75, 3.05) is 18.0 Å². The molecule has 0 bridgehead atoms. The van der Waals surface area contributed by atoms with Crippen molar-refractivity contribution in [2.45, 2.75) is 20.3 Å². The Balaban J connectivity index is 2.98. The van der Waals surface area contributed by atoms with Gasteiger partial charge in [-0.05, 0) is 13.8 Å². The Hall–Kier alpha value is -1.45. The van der Waals surface area contributed by atoms with E-state index in [0.717, 1.165) is 30.8 Å². The molecular weight excluding hydrogens is 178 g/mol. The first-order valence-corrected chi connectivity index (χ1v) is 4.80. The first-order valence-electron chi connectivity index (χ1n) is 4.80. The van der Waals surface area contributed by atoms with Crippen molar-refractivity contribution in [3.63, 3.8) is 0 Å². The van der Waals surface area contributed by atoms with E-state index in [2.05, 4.69) is 28.7 Å². The van der Waals surface area contributed by atoms with Crippen LogP contribution in [0.5, 0.6) is 0 Å². The van der Waals surface area contributed by atoms with E-state index < -0.39 is 0 Å². The van der Waals surface area contributed by atoms with E-state index in [-0.39, 0.29) is 0 Å². The van der Waals surface area contributed by atoms with E-state index in [9.17, 15) is 4.79 Å². The molecule has 0 atom stereocenters. The molecule has 0 amide bonds. The number of anilines is 1. The van der Waals surface area contributed by atoms with Crippen LogP contribution in [0.2, 0.25) is 0 Å². The lowest BCUT2D eigenvalue weighted by atomic mass is 10.2. The minimum Gasteiger partial charge on any atom is -0.357 e. The molecule has 0 saturated heterocycles. The quantitative estimate of drug-likeness (QED) is 0.656. The zero-order valence-corrected chi connectivity index (χ0v) is 8.60. The van der Waals surface area contributed by atoms with Crippen molar-refractivity contribution in [2.24, 2.45) is 0 Å². The number of aromatic nitrogens is 2. The highest BCUT2D eigenvalue weighted by molar-refractivity contribution is 5.60. The molecule has 0 unspecified atom stereocenters. The minimum atomic E-state index is 0.382. The second-order valence-electron chi connectivity index (χ2n) is 2.91. The molecule has 0 saturated carbocycles. The molecule has 0 radical (unpaired) electrons. The first-order chi connectivity index (χ1) is 6.83. The van der Waals surface area contributed by atoms with Crippen LogP contribution < -0.4 is 4.90 Å². The third-order valence-corrected chi connectivity index (χ3v) is 2.13. The molecule has 0 aliphatic carbocycles. The van der Waals surface area contributed by atoms with Crippen LogP contribution in [0.1, 0.15) is 19.4 Å². The van der Waals surface area contributed by atoms with Gasteiger partial charge in [0.25, 0.3) is 0 Å². The third-order valence-electron chi connectivity index (χ3n) is 2.13. The van der Waals surface area contributed by atoms with E-state index in [1.807, 2.05) is 0 Å². The number of carbonyl (C=O) groups is 1. The van der Waals surface area contributed by atoms with Crippen LogP contribution in [0.4, 0.5) is 5.82 Å². The van der Waals surface area contributed by atoms with Crippen molar-refractivity contribution in [3.8, 4) is 0 Å².